The van der Waals surface area contributed by atoms with Gasteiger partial charge < -0.3 is 9.84 Å². The van der Waals surface area contributed by atoms with Crippen LogP contribution in [-0.2, 0) is 4.74 Å². The van der Waals surface area contributed by atoms with Gasteiger partial charge in [-0.2, -0.15) is 0 Å². The fraction of sp³-hybridized carbons (Fsp3) is 0.818. The lowest BCUT2D eigenvalue weighted by Gasteiger charge is -2.55. The van der Waals surface area contributed by atoms with Gasteiger partial charge in [0.15, 0.2) is 0 Å². The van der Waals surface area contributed by atoms with Crippen molar-refractivity contribution in [3.63, 3.8) is 0 Å². The SMILES string of the molecule is CC[C@]1(O)CC[C@H]2[C@@H]3CCC4=C(CC=C(OC)C4)[C@H]3CC[C@@]21CC. The molecule has 0 aliphatic heterocycles. The number of rotatable bonds is 3. The van der Waals surface area contributed by atoms with Crippen LogP contribution in [0.4, 0.5) is 0 Å². The van der Waals surface area contributed by atoms with E-state index in [0.29, 0.717) is 0 Å². The molecule has 0 spiro atoms. The molecule has 0 aromatic carbocycles. The summed E-state index contributed by atoms with van der Waals surface area (Å²) in [6.45, 7) is 4.53. The first-order chi connectivity index (χ1) is 11.6. The molecule has 1 N–H and O–H groups in total. The number of aliphatic hydroxyl groups is 1. The largest absolute Gasteiger partial charge is 0.501 e. The lowest BCUT2D eigenvalue weighted by molar-refractivity contribution is -0.122. The van der Waals surface area contributed by atoms with E-state index in [1.54, 1.807) is 11.1 Å². The number of allylic oxidation sites excluding steroid dienone is 3. The number of methoxy groups -OCH3 is 1. The summed E-state index contributed by atoms with van der Waals surface area (Å²) in [5.41, 5.74) is 3.23. The minimum absolute atomic E-state index is 0.198. The Hall–Kier alpha value is -0.760. The minimum atomic E-state index is -0.401. The highest BCUT2D eigenvalue weighted by molar-refractivity contribution is 5.33. The van der Waals surface area contributed by atoms with E-state index in [4.69, 9.17) is 4.74 Å². The van der Waals surface area contributed by atoms with Crippen molar-refractivity contribution in [1.82, 2.24) is 0 Å². The molecular formula is C22H34O2. The highest BCUT2D eigenvalue weighted by atomic mass is 16.5. The van der Waals surface area contributed by atoms with Crippen LogP contribution in [0, 0.1) is 23.2 Å². The third-order valence-electron chi connectivity index (χ3n) is 8.54. The standard InChI is InChI=1S/C22H34O2/c1-4-21-12-10-18-17-9-7-16(24-3)14-15(17)6-8-19(18)20(21)11-13-22(21,23)5-2/h7,18-20,23H,4-6,8-14H2,1-3H3/t18-,19-,20+,21+,22+/m1/s1. The van der Waals surface area contributed by atoms with Gasteiger partial charge in [0.05, 0.1) is 18.5 Å². The quantitative estimate of drug-likeness (QED) is 0.704. The summed E-state index contributed by atoms with van der Waals surface area (Å²) in [6.07, 6.45) is 14.0. The van der Waals surface area contributed by atoms with Crippen molar-refractivity contribution >= 4 is 0 Å². The Balaban J connectivity index is 1.63. The molecule has 24 heavy (non-hydrogen) atoms. The van der Waals surface area contributed by atoms with Gasteiger partial charge in [-0.1, -0.05) is 25.0 Å². The molecule has 4 aliphatic carbocycles. The lowest BCUT2D eigenvalue weighted by atomic mass is 9.51. The molecule has 0 unspecified atom stereocenters. The van der Waals surface area contributed by atoms with Crippen LogP contribution in [0.25, 0.3) is 0 Å². The summed E-state index contributed by atoms with van der Waals surface area (Å²) < 4.78 is 5.51. The molecule has 0 bridgehead atoms. The van der Waals surface area contributed by atoms with Crippen LogP contribution in [0.1, 0.15) is 78.1 Å². The summed E-state index contributed by atoms with van der Waals surface area (Å²) in [4.78, 5) is 0. The second kappa shape index (κ2) is 5.90. The molecule has 2 heteroatoms. The first-order valence-corrected chi connectivity index (χ1v) is 10.2. The summed E-state index contributed by atoms with van der Waals surface area (Å²) in [6, 6.07) is 0. The number of hydrogen-bond acceptors (Lipinski definition) is 2. The molecule has 0 amide bonds. The van der Waals surface area contributed by atoms with Gasteiger partial charge in [-0.25, -0.2) is 0 Å². The van der Waals surface area contributed by atoms with E-state index in [1.807, 2.05) is 7.11 Å². The maximum Gasteiger partial charge on any atom is 0.0959 e. The molecule has 2 fully saturated rings. The molecule has 0 aromatic heterocycles. The fourth-order valence-corrected chi connectivity index (χ4v) is 7.27. The van der Waals surface area contributed by atoms with E-state index in [-0.39, 0.29) is 5.41 Å². The first-order valence-electron chi connectivity index (χ1n) is 10.2. The molecule has 0 radical (unpaired) electrons. The van der Waals surface area contributed by atoms with Gasteiger partial charge in [-0.15, -0.1) is 0 Å². The summed E-state index contributed by atoms with van der Waals surface area (Å²) in [5, 5.41) is 11.4. The van der Waals surface area contributed by atoms with Gasteiger partial charge in [-0.3, -0.25) is 0 Å². The van der Waals surface area contributed by atoms with Crippen LogP contribution in [0.3, 0.4) is 0 Å². The Labute approximate surface area is 147 Å². The van der Waals surface area contributed by atoms with E-state index < -0.39 is 5.60 Å². The number of fused-ring (bicyclic) bond motifs is 4. The van der Waals surface area contributed by atoms with Gasteiger partial charge >= 0.3 is 0 Å². The topological polar surface area (TPSA) is 29.5 Å². The normalized spacial score (nSPS) is 44.5. The van der Waals surface area contributed by atoms with Crippen LogP contribution >= 0.6 is 0 Å². The molecule has 5 atom stereocenters. The Kier molecular flexibility index (Phi) is 4.10. The number of hydrogen-bond donors (Lipinski definition) is 1. The summed E-state index contributed by atoms with van der Waals surface area (Å²) >= 11 is 0. The van der Waals surface area contributed by atoms with Crippen LogP contribution in [0.15, 0.2) is 23.0 Å². The molecule has 0 aromatic rings. The third-order valence-corrected chi connectivity index (χ3v) is 8.54. The van der Waals surface area contributed by atoms with E-state index >= 15 is 0 Å². The maximum atomic E-state index is 11.4. The molecule has 2 saturated carbocycles. The van der Waals surface area contributed by atoms with Crippen LogP contribution < -0.4 is 0 Å². The van der Waals surface area contributed by atoms with Crippen molar-refractivity contribution in [3.05, 3.63) is 23.0 Å². The van der Waals surface area contributed by atoms with Gasteiger partial charge in [0.2, 0.25) is 0 Å². The van der Waals surface area contributed by atoms with Gasteiger partial charge in [-0.05, 0) is 81.6 Å². The monoisotopic (exact) mass is 330 g/mol. The van der Waals surface area contributed by atoms with Crippen molar-refractivity contribution in [1.29, 1.82) is 0 Å². The third kappa shape index (κ3) is 2.11. The Morgan fingerprint density at radius 2 is 2.00 bits per heavy atom. The molecule has 4 aliphatic rings. The first kappa shape index (κ1) is 16.7. The summed E-state index contributed by atoms with van der Waals surface area (Å²) in [7, 11) is 1.81. The van der Waals surface area contributed by atoms with Gasteiger partial charge in [0.25, 0.3) is 0 Å². The second-order valence-corrected chi connectivity index (χ2v) is 8.77. The molecule has 134 valence electrons. The van der Waals surface area contributed by atoms with E-state index in [9.17, 15) is 5.11 Å². The van der Waals surface area contributed by atoms with Crippen molar-refractivity contribution in [3.8, 4) is 0 Å². The Morgan fingerprint density at radius 3 is 2.71 bits per heavy atom. The Morgan fingerprint density at radius 1 is 1.17 bits per heavy atom. The zero-order valence-corrected chi connectivity index (χ0v) is 15.7. The summed E-state index contributed by atoms with van der Waals surface area (Å²) in [5.74, 6) is 3.52. The van der Waals surface area contributed by atoms with Crippen molar-refractivity contribution < 1.29 is 9.84 Å². The molecule has 4 rings (SSSR count). The second-order valence-electron chi connectivity index (χ2n) is 8.77. The van der Waals surface area contributed by atoms with E-state index in [2.05, 4.69) is 19.9 Å². The average molecular weight is 331 g/mol. The van der Waals surface area contributed by atoms with Crippen LogP contribution in [0.2, 0.25) is 0 Å². The fourth-order valence-electron chi connectivity index (χ4n) is 7.27. The van der Waals surface area contributed by atoms with Crippen molar-refractivity contribution in [2.75, 3.05) is 7.11 Å². The average Bonchev–Trinajstić information content (AvgIpc) is 2.94. The highest BCUT2D eigenvalue weighted by Crippen LogP contribution is 2.66. The minimum Gasteiger partial charge on any atom is -0.501 e. The Bertz CT molecular complexity index is 575. The van der Waals surface area contributed by atoms with Gasteiger partial charge in [0, 0.05) is 11.8 Å². The van der Waals surface area contributed by atoms with E-state index in [0.717, 1.165) is 49.9 Å². The van der Waals surface area contributed by atoms with Crippen molar-refractivity contribution in [2.45, 2.75) is 83.7 Å². The zero-order valence-electron chi connectivity index (χ0n) is 15.7. The molecular weight excluding hydrogens is 296 g/mol. The smallest absolute Gasteiger partial charge is 0.0959 e. The molecule has 0 saturated heterocycles. The zero-order chi connectivity index (χ0) is 16.9. The number of ether oxygens (including phenoxy) is 1. The predicted molar refractivity (Wildman–Crippen MR) is 97.5 cm³/mol. The van der Waals surface area contributed by atoms with Crippen LogP contribution in [-0.4, -0.2) is 17.8 Å². The highest BCUT2D eigenvalue weighted by Gasteiger charge is 2.62. The van der Waals surface area contributed by atoms with Crippen molar-refractivity contribution in [2.24, 2.45) is 23.2 Å². The van der Waals surface area contributed by atoms with Gasteiger partial charge in [0.1, 0.15) is 0 Å². The predicted octanol–water partition coefficient (Wildman–Crippen LogP) is 5.37. The molecule has 2 nitrogen and oxygen atoms in total. The lowest BCUT2D eigenvalue weighted by Crippen LogP contribution is -2.52. The van der Waals surface area contributed by atoms with Crippen LogP contribution in [0.5, 0.6) is 0 Å². The maximum absolute atomic E-state index is 11.4. The van der Waals surface area contributed by atoms with E-state index in [1.165, 1.54) is 37.9 Å². The molecule has 0 heterocycles.